The van der Waals surface area contributed by atoms with Crippen molar-refractivity contribution in [3.05, 3.63) is 53.6 Å². The lowest BCUT2D eigenvalue weighted by atomic mass is 10.1. The normalized spacial score (nSPS) is 9.63. The smallest absolute Gasteiger partial charge is 0.259 e. The van der Waals surface area contributed by atoms with Crippen molar-refractivity contribution in [3.63, 3.8) is 0 Å². The molecule has 0 fully saturated rings. The van der Waals surface area contributed by atoms with Crippen LogP contribution in [0.3, 0.4) is 0 Å². The first kappa shape index (κ1) is 12.5. The molecule has 5 heteroatoms. The predicted molar refractivity (Wildman–Crippen MR) is 68.9 cm³/mol. The summed E-state index contributed by atoms with van der Waals surface area (Å²) in [6.07, 6.45) is 0. The molecule has 1 amide bonds. The number of nitriles is 1. The van der Waals surface area contributed by atoms with Gasteiger partial charge >= 0.3 is 0 Å². The zero-order chi connectivity index (χ0) is 13.8. The summed E-state index contributed by atoms with van der Waals surface area (Å²) in [7, 11) is 0. The van der Waals surface area contributed by atoms with Crippen LogP contribution in [-0.2, 0) is 0 Å². The molecule has 0 bridgehead atoms. The van der Waals surface area contributed by atoms with Crippen molar-refractivity contribution in [2.45, 2.75) is 0 Å². The topological polar surface area (TPSA) is 93.4 Å². The minimum atomic E-state index is -0.566. The van der Waals surface area contributed by atoms with Gasteiger partial charge in [-0.1, -0.05) is 12.1 Å². The molecule has 3 N–H and O–H groups in total. The average molecular weight is 254 g/mol. The number of phenols is 2. The highest BCUT2D eigenvalue weighted by Crippen LogP contribution is 2.28. The molecule has 0 heterocycles. The quantitative estimate of drug-likeness (QED) is 0.716. The van der Waals surface area contributed by atoms with Gasteiger partial charge in [-0.3, -0.25) is 4.79 Å². The molecule has 5 nitrogen and oxygen atoms in total. The number of rotatable bonds is 2. The summed E-state index contributed by atoms with van der Waals surface area (Å²) in [6, 6.07) is 12.5. The maximum atomic E-state index is 11.9. The van der Waals surface area contributed by atoms with Crippen molar-refractivity contribution < 1.29 is 15.0 Å². The summed E-state index contributed by atoms with van der Waals surface area (Å²) >= 11 is 0. The number of hydrogen-bond donors (Lipinski definition) is 3. The standard InChI is InChI=1S/C14H10N2O3/c15-8-9-3-1-4-10(7-9)16-14(19)11-5-2-6-12(17)13(11)18/h1-7,17-18H,(H,16,19). The van der Waals surface area contributed by atoms with Gasteiger partial charge in [0.25, 0.3) is 5.91 Å². The largest absolute Gasteiger partial charge is 0.504 e. The molecule has 0 aromatic heterocycles. The van der Waals surface area contributed by atoms with Gasteiger partial charge in [-0.2, -0.15) is 5.26 Å². The molecule has 94 valence electrons. The maximum Gasteiger partial charge on any atom is 0.259 e. The van der Waals surface area contributed by atoms with Crippen LogP contribution in [0, 0.1) is 11.3 Å². The summed E-state index contributed by atoms with van der Waals surface area (Å²) in [6.45, 7) is 0. The van der Waals surface area contributed by atoms with E-state index in [1.807, 2.05) is 6.07 Å². The van der Waals surface area contributed by atoms with Crippen LogP contribution in [0.15, 0.2) is 42.5 Å². The third kappa shape index (κ3) is 2.64. The van der Waals surface area contributed by atoms with Crippen LogP contribution in [0.1, 0.15) is 15.9 Å². The van der Waals surface area contributed by atoms with Crippen molar-refractivity contribution in [1.29, 1.82) is 5.26 Å². The lowest BCUT2D eigenvalue weighted by Crippen LogP contribution is -2.12. The van der Waals surface area contributed by atoms with Gasteiger partial charge in [-0.05, 0) is 30.3 Å². The highest BCUT2D eigenvalue weighted by molar-refractivity contribution is 6.06. The van der Waals surface area contributed by atoms with E-state index >= 15 is 0 Å². The molecule has 19 heavy (non-hydrogen) atoms. The summed E-state index contributed by atoms with van der Waals surface area (Å²) < 4.78 is 0. The number of carbonyl (C=O) groups excluding carboxylic acids is 1. The molecular weight excluding hydrogens is 244 g/mol. The Morgan fingerprint density at radius 2 is 1.89 bits per heavy atom. The Kier molecular flexibility index (Phi) is 3.35. The van der Waals surface area contributed by atoms with E-state index in [0.29, 0.717) is 11.3 Å². The third-order valence-corrected chi connectivity index (χ3v) is 2.51. The van der Waals surface area contributed by atoms with Gasteiger partial charge in [0.1, 0.15) is 0 Å². The second-order valence-corrected chi connectivity index (χ2v) is 3.82. The van der Waals surface area contributed by atoms with Gasteiger partial charge in [0, 0.05) is 5.69 Å². The predicted octanol–water partition coefficient (Wildman–Crippen LogP) is 2.22. The SMILES string of the molecule is N#Cc1cccc(NC(=O)c2cccc(O)c2O)c1. The fourth-order valence-corrected chi connectivity index (χ4v) is 1.58. The monoisotopic (exact) mass is 254 g/mol. The molecule has 0 atom stereocenters. The molecule has 0 aliphatic carbocycles. The van der Waals surface area contributed by atoms with E-state index in [9.17, 15) is 15.0 Å². The molecule has 0 unspecified atom stereocenters. The summed E-state index contributed by atoms with van der Waals surface area (Å²) in [5.74, 6) is -1.40. The van der Waals surface area contributed by atoms with E-state index in [2.05, 4.69) is 5.32 Å². The lowest BCUT2D eigenvalue weighted by molar-refractivity contribution is 0.102. The fraction of sp³-hybridized carbons (Fsp3) is 0. The van der Waals surface area contributed by atoms with Crippen LogP contribution in [0.5, 0.6) is 11.5 Å². The Morgan fingerprint density at radius 3 is 2.63 bits per heavy atom. The van der Waals surface area contributed by atoms with Gasteiger partial charge in [-0.25, -0.2) is 0 Å². The van der Waals surface area contributed by atoms with E-state index < -0.39 is 11.7 Å². The summed E-state index contributed by atoms with van der Waals surface area (Å²) in [5, 5.41) is 30.2. The molecular formula is C14H10N2O3. The first-order chi connectivity index (χ1) is 9.11. The van der Waals surface area contributed by atoms with Crippen LogP contribution in [0.25, 0.3) is 0 Å². The lowest BCUT2D eigenvalue weighted by Gasteiger charge is -2.07. The van der Waals surface area contributed by atoms with Crippen molar-refractivity contribution in [3.8, 4) is 17.6 Å². The summed E-state index contributed by atoms with van der Waals surface area (Å²) in [5.41, 5.74) is 0.812. The first-order valence-electron chi connectivity index (χ1n) is 5.44. The molecule has 2 aromatic rings. The van der Waals surface area contributed by atoms with Crippen LogP contribution >= 0.6 is 0 Å². The number of carbonyl (C=O) groups is 1. The van der Waals surface area contributed by atoms with Crippen LogP contribution in [0.2, 0.25) is 0 Å². The molecule has 2 rings (SSSR count). The molecule has 0 radical (unpaired) electrons. The molecule has 0 spiro atoms. The summed E-state index contributed by atoms with van der Waals surface area (Å²) in [4.78, 5) is 11.9. The molecule has 0 saturated carbocycles. The number of benzene rings is 2. The van der Waals surface area contributed by atoms with E-state index in [-0.39, 0.29) is 11.3 Å². The highest BCUT2D eigenvalue weighted by Gasteiger charge is 2.14. The Balaban J connectivity index is 2.26. The molecule has 0 aliphatic heterocycles. The van der Waals surface area contributed by atoms with Gasteiger partial charge in [0.05, 0.1) is 17.2 Å². The van der Waals surface area contributed by atoms with E-state index in [1.54, 1.807) is 18.2 Å². The second kappa shape index (κ2) is 5.10. The number of nitrogens with zero attached hydrogens (tertiary/aromatic N) is 1. The van der Waals surface area contributed by atoms with Gasteiger partial charge in [-0.15, -0.1) is 0 Å². The Morgan fingerprint density at radius 1 is 1.16 bits per heavy atom. The van der Waals surface area contributed by atoms with E-state index in [1.165, 1.54) is 24.3 Å². The van der Waals surface area contributed by atoms with Crippen molar-refractivity contribution in [2.75, 3.05) is 5.32 Å². The number of anilines is 1. The Labute approximate surface area is 109 Å². The number of para-hydroxylation sites is 1. The van der Waals surface area contributed by atoms with Crippen molar-refractivity contribution in [2.24, 2.45) is 0 Å². The van der Waals surface area contributed by atoms with Gasteiger partial charge < -0.3 is 15.5 Å². The van der Waals surface area contributed by atoms with E-state index in [0.717, 1.165) is 0 Å². The number of aromatic hydroxyl groups is 2. The zero-order valence-corrected chi connectivity index (χ0v) is 9.79. The van der Waals surface area contributed by atoms with Crippen molar-refractivity contribution >= 4 is 11.6 Å². The van der Waals surface area contributed by atoms with E-state index in [4.69, 9.17) is 5.26 Å². The molecule has 0 saturated heterocycles. The van der Waals surface area contributed by atoms with Crippen molar-refractivity contribution in [1.82, 2.24) is 0 Å². The number of phenolic OH excluding ortho intramolecular Hbond substituents is 2. The highest BCUT2D eigenvalue weighted by atomic mass is 16.3. The number of hydrogen-bond acceptors (Lipinski definition) is 4. The second-order valence-electron chi connectivity index (χ2n) is 3.82. The van der Waals surface area contributed by atoms with Crippen LogP contribution < -0.4 is 5.32 Å². The zero-order valence-electron chi connectivity index (χ0n) is 9.79. The third-order valence-electron chi connectivity index (χ3n) is 2.51. The Bertz CT molecular complexity index is 675. The minimum absolute atomic E-state index is 0.0395. The number of amides is 1. The first-order valence-corrected chi connectivity index (χ1v) is 5.44. The fourth-order valence-electron chi connectivity index (χ4n) is 1.58. The molecule has 2 aromatic carbocycles. The van der Waals surface area contributed by atoms with Crippen LogP contribution in [-0.4, -0.2) is 16.1 Å². The van der Waals surface area contributed by atoms with Gasteiger partial charge in [0.15, 0.2) is 11.5 Å². The average Bonchev–Trinajstić information content (AvgIpc) is 2.42. The molecule has 0 aliphatic rings. The Hall–Kier alpha value is -3.00. The number of nitrogens with one attached hydrogen (secondary N) is 1. The maximum absolute atomic E-state index is 11.9. The minimum Gasteiger partial charge on any atom is -0.504 e. The van der Waals surface area contributed by atoms with Gasteiger partial charge in [0.2, 0.25) is 0 Å². The van der Waals surface area contributed by atoms with Crippen LogP contribution in [0.4, 0.5) is 5.69 Å².